The number of nitrogens with zero attached hydrogens (tertiary/aromatic N) is 3. The molecule has 0 aromatic carbocycles. The van der Waals surface area contributed by atoms with Crippen LogP contribution in [0.15, 0.2) is 24.4 Å². The van der Waals surface area contributed by atoms with Gasteiger partial charge in [-0.15, -0.1) is 0 Å². The lowest BCUT2D eigenvalue weighted by Gasteiger charge is -2.22. The van der Waals surface area contributed by atoms with E-state index in [4.69, 9.17) is 0 Å². The fraction of sp³-hybridized carbons (Fsp3) is 0.462. The standard InChI is InChI=1S/C13H16N4O2/c18-17(19)13-12(14-10-6-2-1-3-7-10)15-11-8-4-5-9-16(11)13/h4-5,8-10,14H,1-3,6-7H2. The smallest absolute Gasteiger partial charge is 0.360 e. The van der Waals surface area contributed by atoms with Crippen molar-refractivity contribution in [3.8, 4) is 0 Å². The molecule has 0 bridgehead atoms. The molecule has 0 unspecified atom stereocenters. The number of nitro groups is 1. The monoisotopic (exact) mass is 260 g/mol. The quantitative estimate of drug-likeness (QED) is 0.680. The van der Waals surface area contributed by atoms with E-state index in [2.05, 4.69) is 10.3 Å². The van der Waals surface area contributed by atoms with Crippen LogP contribution in [0.5, 0.6) is 0 Å². The number of imidazole rings is 1. The van der Waals surface area contributed by atoms with E-state index < -0.39 is 0 Å². The second-order valence-corrected chi connectivity index (χ2v) is 4.95. The minimum absolute atomic E-state index is 0.0289. The normalized spacial score (nSPS) is 16.6. The first-order valence-electron chi connectivity index (χ1n) is 6.64. The van der Waals surface area contributed by atoms with Crippen LogP contribution in [-0.4, -0.2) is 20.3 Å². The van der Waals surface area contributed by atoms with Gasteiger partial charge in [-0.3, -0.25) is 0 Å². The third kappa shape index (κ3) is 2.25. The average molecular weight is 260 g/mol. The highest BCUT2D eigenvalue weighted by molar-refractivity contribution is 5.62. The summed E-state index contributed by atoms with van der Waals surface area (Å²) in [5, 5.41) is 14.5. The van der Waals surface area contributed by atoms with Crippen LogP contribution in [0.3, 0.4) is 0 Å². The molecule has 100 valence electrons. The van der Waals surface area contributed by atoms with Gasteiger partial charge in [0.1, 0.15) is 0 Å². The molecule has 6 nitrogen and oxygen atoms in total. The molecule has 2 heterocycles. The van der Waals surface area contributed by atoms with Crippen molar-refractivity contribution < 1.29 is 4.92 Å². The SMILES string of the molecule is O=[N+]([O-])c1c(NC2CCCCC2)nc2ccccn12. The number of anilines is 1. The Morgan fingerprint density at radius 1 is 1.32 bits per heavy atom. The third-order valence-corrected chi connectivity index (χ3v) is 3.62. The van der Waals surface area contributed by atoms with Crippen molar-refractivity contribution in [2.45, 2.75) is 38.1 Å². The van der Waals surface area contributed by atoms with E-state index in [1.807, 2.05) is 6.07 Å². The van der Waals surface area contributed by atoms with Crippen molar-refractivity contribution in [1.29, 1.82) is 0 Å². The summed E-state index contributed by atoms with van der Waals surface area (Å²) in [4.78, 5) is 15.2. The summed E-state index contributed by atoms with van der Waals surface area (Å²) in [6, 6.07) is 5.68. The lowest BCUT2D eigenvalue weighted by Crippen LogP contribution is -2.22. The van der Waals surface area contributed by atoms with Gasteiger partial charge in [0.05, 0.1) is 6.20 Å². The molecule has 0 radical (unpaired) electrons. The number of pyridine rings is 1. The Morgan fingerprint density at radius 2 is 2.11 bits per heavy atom. The Bertz CT molecular complexity index is 602. The number of nitrogens with one attached hydrogen (secondary N) is 1. The molecule has 1 fully saturated rings. The minimum Gasteiger partial charge on any atom is -0.360 e. The van der Waals surface area contributed by atoms with Gasteiger partial charge in [-0.1, -0.05) is 25.3 Å². The van der Waals surface area contributed by atoms with E-state index in [-0.39, 0.29) is 10.7 Å². The second-order valence-electron chi connectivity index (χ2n) is 4.95. The summed E-state index contributed by atoms with van der Waals surface area (Å²) in [6.07, 6.45) is 7.41. The maximum Gasteiger partial charge on any atom is 0.372 e. The van der Waals surface area contributed by atoms with Crippen molar-refractivity contribution in [2.75, 3.05) is 5.32 Å². The van der Waals surface area contributed by atoms with Crippen molar-refractivity contribution in [1.82, 2.24) is 9.38 Å². The molecule has 0 atom stereocenters. The molecule has 1 aliphatic carbocycles. The second kappa shape index (κ2) is 4.87. The fourth-order valence-corrected chi connectivity index (χ4v) is 2.69. The lowest BCUT2D eigenvalue weighted by atomic mass is 9.95. The first-order valence-corrected chi connectivity index (χ1v) is 6.64. The number of hydrogen-bond acceptors (Lipinski definition) is 4. The van der Waals surface area contributed by atoms with E-state index in [0.717, 1.165) is 12.8 Å². The molecule has 0 spiro atoms. The van der Waals surface area contributed by atoms with Gasteiger partial charge < -0.3 is 15.4 Å². The average Bonchev–Trinajstić information content (AvgIpc) is 2.77. The number of rotatable bonds is 3. The van der Waals surface area contributed by atoms with Gasteiger partial charge in [0.15, 0.2) is 0 Å². The zero-order valence-corrected chi connectivity index (χ0v) is 10.6. The van der Waals surface area contributed by atoms with Gasteiger partial charge in [0, 0.05) is 12.1 Å². The number of hydrogen-bond donors (Lipinski definition) is 1. The molecule has 0 aliphatic heterocycles. The summed E-state index contributed by atoms with van der Waals surface area (Å²) in [5.74, 6) is 0.421. The first kappa shape index (κ1) is 12.0. The summed E-state index contributed by atoms with van der Waals surface area (Å²) >= 11 is 0. The topological polar surface area (TPSA) is 72.5 Å². The van der Waals surface area contributed by atoms with E-state index in [9.17, 15) is 10.1 Å². The molecule has 2 aromatic heterocycles. The van der Waals surface area contributed by atoms with Crippen LogP contribution < -0.4 is 5.32 Å². The van der Waals surface area contributed by atoms with Gasteiger partial charge in [0.25, 0.3) is 0 Å². The molecule has 19 heavy (non-hydrogen) atoms. The summed E-state index contributed by atoms with van der Waals surface area (Å²) in [5.41, 5.74) is 0.604. The van der Waals surface area contributed by atoms with Crippen LogP contribution in [0.4, 0.5) is 11.6 Å². The molecule has 0 saturated heterocycles. The zero-order valence-electron chi connectivity index (χ0n) is 10.6. The number of aromatic nitrogens is 2. The Balaban J connectivity index is 1.97. The van der Waals surface area contributed by atoms with Crippen LogP contribution in [-0.2, 0) is 0 Å². The maximum atomic E-state index is 11.2. The molecule has 2 aromatic rings. The molecule has 6 heteroatoms. The molecular weight excluding hydrogens is 244 g/mol. The fourth-order valence-electron chi connectivity index (χ4n) is 2.69. The van der Waals surface area contributed by atoms with E-state index in [1.54, 1.807) is 18.3 Å². The van der Waals surface area contributed by atoms with Crippen LogP contribution in [0.25, 0.3) is 5.65 Å². The highest BCUT2D eigenvalue weighted by Crippen LogP contribution is 2.28. The predicted octanol–water partition coefficient (Wildman–Crippen LogP) is 2.99. The van der Waals surface area contributed by atoms with E-state index in [0.29, 0.717) is 17.5 Å². The molecule has 1 saturated carbocycles. The Kier molecular flexibility index (Phi) is 3.06. The van der Waals surface area contributed by atoms with Crippen LogP contribution in [0.2, 0.25) is 0 Å². The molecule has 1 N–H and O–H groups in total. The third-order valence-electron chi connectivity index (χ3n) is 3.62. The molecule has 3 rings (SSSR count). The molecule has 0 amide bonds. The van der Waals surface area contributed by atoms with E-state index >= 15 is 0 Å². The maximum absolute atomic E-state index is 11.2. The van der Waals surface area contributed by atoms with Gasteiger partial charge >= 0.3 is 5.82 Å². The number of fused-ring (bicyclic) bond motifs is 1. The molecule has 1 aliphatic rings. The largest absolute Gasteiger partial charge is 0.372 e. The van der Waals surface area contributed by atoms with Crippen LogP contribution >= 0.6 is 0 Å². The van der Waals surface area contributed by atoms with Gasteiger partial charge in [0.2, 0.25) is 11.5 Å². The van der Waals surface area contributed by atoms with Crippen molar-refractivity contribution >= 4 is 17.3 Å². The Labute approximate surface area is 110 Å². The summed E-state index contributed by atoms with van der Waals surface area (Å²) in [6.45, 7) is 0. The lowest BCUT2D eigenvalue weighted by molar-refractivity contribution is -0.389. The summed E-state index contributed by atoms with van der Waals surface area (Å²) < 4.78 is 1.52. The van der Waals surface area contributed by atoms with Crippen LogP contribution in [0, 0.1) is 10.1 Å². The Hall–Kier alpha value is -2.11. The zero-order chi connectivity index (χ0) is 13.2. The highest BCUT2D eigenvalue weighted by Gasteiger charge is 2.24. The Morgan fingerprint density at radius 3 is 2.84 bits per heavy atom. The first-order chi connectivity index (χ1) is 9.25. The van der Waals surface area contributed by atoms with Gasteiger partial charge in [-0.2, -0.15) is 9.38 Å². The van der Waals surface area contributed by atoms with Crippen molar-refractivity contribution in [3.05, 3.63) is 34.5 Å². The van der Waals surface area contributed by atoms with Gasteiger partial charge in [-0.05, 0) is 23.8 Å². The van der Waals surface area contributed by atoms with Crippen molar-refractivity contribution in [2.24, 2.45) is 0 Å². The van der Waals surface area contributed by atoms with Crippen molar-refractivity contribution in [3.63, 3.8) is 0 Å². The minimum atomic E-state index is -0.370. The molecular formula is C13H16N4O2. The van der Waals surface area contributed by atoms with Gasteiger partial charge in [-0.25, -0.2) is 0 Å². The van der Waals surface area contributed by atoms with E-state index in [1.165, 1.54) is 23.7 Å². The summed E-state index contributed by atoms with van der Waals surface area (Å²) in [7, 11) is 0. The predicted molar refractivity (Wildman–Crippen MR) is 72.3 cm³/mol. The highest BCUT2D eigenvalue weighted by atomic mass is 16.6. The van der Waals surface area contributed by atoms with Crippen LogP contribution in [0.1, 0.15) is 32.1 Å².